The van der Waals surface area contributed by atoms with Crippen molar-refractivity contribution in [3.8, 4) is 0 Å². The molecule has 2 aromatic rings. The Morgan fingerprint density at radius 3 is 2.17 bits per heavy atom. The first-order chi connectivity index (χ1) is 13.5. The summed E-state index contributed by atoms with van der Waals surface area (Å²) in [5, 5.41) is 22.0. The summed E-state index contributed by atoms with van der Waals surface area (Å²) in [5.74, 6) is -2.21. The first kappa shape index (κ1) is 19.9. The first-order valence-electron chi connectivity index (χ1n) is 7.96. The monoisotopic (exact) mass is 409 g/mol. The maximum atomic E-state index is 13.4. The highest BCUT2D eigenvalue weighted by Gasteiger charge is 2.46. The molecule has 1 atom stereocenters. The summed E-state index contributed by atoms with van der Waals surface area (Å²) in [6, 6.07) is 4.81. The summed E-state index contributed by atoms with van der Waals surface area (Å²) in [6.07, 6.45) is -4.89. The highest BCUT2D eigenvalue weighted by molar-refractivity contribution is 6.21. The summed E-state index contributed by atoms with van der Waals surface area (Å²) >= 11 is 0. The molecule has 0 aliphatic carbocycles. The molecule has 3 rings (SSSR count). The van der Waals surface area contributed by atoms with E-state index in [-0.39, 0.29) is 5.56 Å². The number of hydrogen-bond acceptors (Lipinski definition) is 6. The Morgan fingerprint density at radius 2 is 1.59 bits per heavy atom. The summed E-state index contributed by atoms with van der Waals surface area (Å²) in [5.41, 5.74) is -3.04. The van der Waals surface area contributed by atoms with Gasteiger partial charge in [0.1, 0.15) is 6.04 Å². The van der Waals surface area contributed by atoms with Crippen LogP contribution in [0.5, 0.6) is 0 Å². The third kappa shape index (κ3) is 3.51. The second-order valence-corrected chi connectivity index (χ2v) is 6.08. The lowest BCUT2D eigenvalue weighted by Gasteiger charge is -2.26. The molecule has 0 fully saturated rings. The van der Waals surface area contributed by atoms with Gasteiger partial charge < -0.3 is 0 Å². The molecule has 0 spiro atoms. The molecule has 0 radical (unpaired) electrons. The fourth-order valence-corrected chi connectivity index (χ4v) is 3.15. The van der Waals surface area contributed by atoms with Crippen molar-refractivity contribution in [3.05, 3.63) is 84.9 Å². The Morgan fingerprint density at radius 1 is 0.966 bits per heavy atom. The summed E-state index contributed by atoms with van der Waals surface area (Å²) in [6.45, 7) is -1.17. The number of amides is 2. The zero-order chi connectivity index (χ0) is 21.5. The van der Waals surface area contributed by atoms with Gasteiger partial charge in [0.05, 0.1) is 21.6 Å². The van der Waals surface area contributed by atoms with Gasteiger partial charge in [-0.15, -0.1) is 0 Å². The molecule has 1 aliphatic rings. The first-order valence-corrected chi connectivity index (χ1v) is 7.96. The van der Waals surface area contributed by atoms with Crippen molar-refractivity contribution in [3.63, 3.8) is 0 Å². The van der Waals surface area contributed by atoms with E-state index in [4.69, 9.17) is 0 Å². The Labute approximate surface area is 159 Å². The molecule has 0 bridgehead atoms. The predicted molar refractivity (Wildman–Crippen MR) is 89.6 cm³/mol. The van der Waals surface area contributed by atoms with Gasteiger partial charge in [0.25, 0.3) is 17.5 Å². The third-order valence-electron chi connectivity index (χ3n) is 4.37. The van der Waals surface area contributed by atoms with Gasteiger partial charge in [-0.3, -0.25) is 34.7 Å². The standard InChI is InChI=1S/C17H10F3N3O6/c18-17(19,20)13-4-2-1-3-11(13)14(8-21(26)27)22-15(24)10-6-5-9(23(28)29)7-12(10)16(22)25/h1-7,14H,8H2. The average Bonchev–Trinajstić information content (AvgIpc) is 2.89. The molecule has 0 N–H and O–H groups in total. The number of benzene rings is 2. The van der Waals surface area contributed by atoms with Gasteiger partial charge in [0, 0.05) is 17.1 Å². The SMILES string of the molecule is O=C1c2ccc([N+](=O)[O-])cc2C(=O)N1C(C[N+](=O)[O-])c1ccccc1C(F)(F)F. The fourth-order valence-electron chi connectivity index (χ4n) is 3.15. The van der Waals surface area contributed by atoms with E-state index in [1.165, 1.54) is 6.07 Å². The van der Waals surface area contributed by atoms with Crippen LogP contribution < -0.4 is 0 Å². The van der Waals surface area contributed by atoms with Crippen molar-refractivity contribution in [2.24, 2.45) is 0 Å². The van der Waals surface area contributed by atoms with Crippen molar-refractivity contribution in [1.29, 1.82) is 0 Å². The lowest BCUT2D eigenvalue weighted by molar-refractivity contribution is -0.486. The van der Waals surface area contributed by atoms with Crippen molar-refractivity contribution in [2.45, 2.75) is 12.2 Å². The van der Waals surface area contributed by atoms with E-state index in [0.29, 0.717) is 11.0 Å². The number of fused-ring (bicyclic) bond motifs is 1. The van der Waals surface area contributed by atoms with Crippen LogP contribution in [0.1, 0.15) is 37.9 Å². The molecule has 0 saturated carbocycles. The van der Waals surface area contributed by atoms with Gasteiger partial charge in [-0.05, 0) is 17.7 Å². The second-order valence-electron chi connectivity index (χ2n) is 6.08. The van der Waals surface area contributed by atoms with Gasteiger partial charge in [-0.1, -0.05) is 18.2 Å². The lowest BCUT2D eigenvalue weighted by Crippen LogP contribution is -2.38. The van der Waals surface area contributed by atoms with E-state index >= 15 is 0 Å². The molecule has 29 heavy (non-hydrogen) atoms. The molecule has 150 valence electrons. The maximum Gasteiger partial charge on any atom is 0.416 e. The molecule has 9 nitrogen and oxygen atoms in total. The Balaban J connectivity index is 2.15. The number of imide groups is 1. The molecule has 1 heterocycles. The lowest BCUT2D eigenvalue weighted by atomic mass is 9.98. The van der Waals surface area contributed by atoms with Gasteiger partial charge in [0.2, 0.25) is 6.54 Å². The minimum absolute atomic E-state index is 0.279. The molecule has 2 amide bonds. The van der Waals surface area contributed by atoms with E-state index in [1.807, 2.05) is 0 Å². The highest BCUT2D eigenvalue weighted by Crippen LogP contribution is 2.39. The molecule has 0 aromatic heterocycles. The summed E-state index contributed by atoms with van der Waals surface area (Å²) < 4.78 is 40.2. The van der Waals surface area contributed by atoms with Gasteiger partial charge in [0.15, 0.2) is 0 Å². The van der Waals surface area contributed by atoms with Crippen LogP contribution in [0.2, 0.25) is 0 Å². The minimum atomic E-state index is -4.89. The molecule has 0 saturated heterocycles. The van der Waals surface area contributed by atoms with Crippen LogP contribution in [0.3, 0.4) is 0 Å². The Hall–Kier alpha value is -3.83. The van der Waals surface area contributed by atoms with Crippen LogP contribution >= 0.6 is 0 Å². The molecular weight excluding hydrogens is 399 g/mol. The molecular formula is C17H10F3N3O6. The molecule has 2 aromatic carbocycles. The molecule has 12 heteroatoms. The van der Waals surface area contributed by atoms with E-state index in [1.54, 1.807) is 0 Å². The molecule has 1 unspecified atom stereocenters. The van der Waals surface area contributed by atoms with Crippen molar-refractivity contribution >= 4 is 17.5 Å². The quantitative estimate of drug-likeness (QED) is 0.424. The Kier molecular flexibility index (Phi) is 4.78. The van der Waals surface area contributed by atoms with Crippen LogP contribution in [-0.2, 0) is 6.18 Å². The number of halogens is 3. The zero-order valence-corrected chi connectivity index (χ0v) is 14.3. The van der Waals surface area contributed by atoms with E-state index in [9.17, 15) is 43.0 Å². The highest BCUT2D eigenvalue weighted by atomic mass is 19.4. The van der Waals surface area contributed by atoms with Crippen molar-refractivity contribution < 1.29 is 32.6 Å². The van der Waals surface area contributed by atoms with Gasteiger partial charge in [-0.25, -0.2) is 0 Å². The normalized spacial score (nSPS) is 14.7. The molecule has 1 aliphatic heterocycles. The van der Waals surface area contributed by atoms with Crippen molar-refractivity contribution in [2.75, 3.05) is 6.54 Å². The number of carbonyl (C=O) groups is 2. The number of nitrogens with zero attached hydrogens (tertiary/aromatic N) is 3. The van der Waals surface area contributed by atoms with Crippen molar-refractivity contribution in [1.82, 2.24) is 4.90 Å². The van der Waals surface area contributed by atoms with Crippen LogP contribution in [0, 0.1) is 20.2 Å². The fraction of sp³-hybridized carbons (Fsp3) is 0.176. The minimum Gasteiger partial charge on any atom is -0.269 e. The van der Waals surface area contributed by atoms with Crippen LogP contribution in [-0.4, -0.2) is 33.1 Å². The third-order valence-corrected chi connectivity index (χ3v) is 4.37. The summed E-state index contributed by atoms with van der Waals surface area (Å²) in [7, 11) is 0. The average molecular weight is 409 g/mol. The number of non-ortho nitro benzene ring substituents is 1. The van der Waals surface area contributed by atoms with Gasteiger partial charge >= 0.3 is 6.18 Å². The second kappa shape index (κ2) is 6.96. The van der Waals surface area contributed by atoms with Crippen LogP contribution in [0.25, 0.3) is 0 Å². The van der Waals surface area contributed by atoms with E-state index in [0.717, 1.165) is 30.3 Å². The number of alkyl halides is 3. The van der Waals surface area contributed by atoms with E-state index in [2.05, 4.69) is 0 Å². The maximum absolute atomic E-state index is 13.4. The smallest absolute Gasteiger partial charge is 0.269 e. The van der Waals surface area contributed by atoms with E-state index < -0.39 is 62.8 Å². The Bertz CT molecular complexity index is 1050. The number of rotatable bonds is 5. The van der Waals surface area contributed by atoms with Gasteiger partial charge in [-0.2, -0.15) is 13.2 Å². The number of nitro benzene ring substituents is 1. The largest absolute Gasteiger partial charge is 0.416 e. The summed E-state index contributed by atoms with van der Waals surface area (Å²) in [4.78, 5) is 46.0. The zero-order valence-electron chi connectivity index (χ0n) is 14.3. The number of carbonyl (C=O) groups excluding carboxylic acids is 2. The number of hydrogen-bond donors (Lipinski definition) is 0. The predicted octanol–water partition coefficient (Wildman–Crippen LogP) is 3.23. The number of nitro groups is 2. The topological polar surface area (TPSA) is 124 Å². The van der Waals surface area contributed by atoms with Crippen LogP contribution in [0.4, 0.5) is 18.9 Å². The van der Waals surface area contributed by atoms with Crippen LogP contribution in [0.15, 0.2) is 42.5 Å².